The van der Waals surface area contributed by atoms with Gasteiger partial charge in [0.05, 0.1) is 18.0 Å². The van der Waals surface area contributed by atoms with E-state index in [0.29, 0.717) is 16.9 Å². The van der Waals surface area contributed by atoms with Gasteiger partial charge in [-0.25, -0.2) is 13.2 Å². The van der Waals surface area contributed by atoms with Crippen LogP contribution in [-0.4, -0.2) is 28.8 Å². The average Bonchev–Trinajstić information content (AvgIpc) is 2.65. The van der Waals surface area contributed by atoms with Gasteiger partial charge in [0.1, 0.15) is 8.07 Å². The normalized spacial score (nSPS) is 12.8. The third kappa shape index (κ3) is 8.95. The zero-order valence-electron chi connectivity index (χ0n) is 20.8. The second kappa shape index (κ2) is 10.0. The molecule has 0 radical (unpaired) electrons. The zero-order chi connectivity index (χ0) is 25.0. The van der Waals surface area contributed by atoms with Gasteiger partial charge >= 0.3 is 6.03 Å². The Morgan fingerprint density at radius 2 is 1.64 bits per heavy atom. The van der Waals surface area contributed by atoms with Crippen molar-refractivity contribution in [3.05, 3.63) is 59.2 Å². The lowest BCUT2D eigenvalue weighted by molar-refractivity contribution is 0.249. The second-order valence-electron chi connectivity index (χ2n) is 10.3. The van der Waals surface area contributed by atoms with Gasteiger partial charge in [-0.2, -0.15) is 0 Å². The topological polar surface area (TPSA) is 87.3 Å². The summed E-state index contributed by atoms with van der Waals surface area (Å²) in [5.41, 5.74) is 7.07. The van der Waals surface area contributed by atoms with Crippen LogP contribution in [0.3, 0.4) is 0 Å². The van der Waals surface area contributed by atoms with E-state index in [2.05, 4.69) is 67.2 Å². The Morgan fingerprint density at radius 3 is 2.15 bits per heavy atom. The van der Waals surface area contributed by atoms with Crippen molar-refractivity contribution >= 4 is 35.5 Å². The highest BCUT2D eigenvalue weighted by Crippen LogP contribution is 2.24. The molecule has 178 valence electrons. The number of carbonyl (C=O) groups excluding carboxylic acids is 1. The van der Waals surface area contributed by atoms with Crippen LogP contribution in [0.5, 0.6) is 0 Å². The lowest BCUT2D eigenvalue weighted by Crippen LogP contribution is -2.31. The molecule has 33 heavy (non-hydrogen) atoms. The van der Waals surface area contributed by atoms with Crippen LogP contribution in [0, 0.1) is 11.5 Å². The highest BCUT2D eigenvalue weighted by atomic mass is 32.2. The Balaban J connectivity index is 2.19. The second-order valence-corrected chi connectivity index (χ2v) is 16.8. The molecule has 1 atom stereocenters. The molecule has 0 fully saturated rings. The SMILES string of the molecule is C[C@@H](NC(=O)Nc1ccc(C(C)(C)C)cc1)c1ccc(NS(C)(=O)=O)c(C#C[Si](C)(C)C)c1. The van der Waals surface area contributed by atoms with Crippen LogP contribution < -0.4 is 15.4 Å². The lowest BCUT2D eigenvalue weighted by atomic mass is 9.87. The van der Waals surface area contributed by atoms with Crippen molar-refractivity contribution in [3.63, 3.8) is 0 Å². The first kappa shape index (κ1) is 26.5. The van der Waals surface area contributed by atoms with Crippen molar-refractivity contribution in [1.82, 2.24) is 5.32 Å². The van der Waals surface area contributed by atoms with Crippen molar-refractivity contribution in [3.8, 4) is 11.5 Å². The summed E-state index contributed by atoms with van der Waals surface area (Å²) in [5.74, 6) is 3.14. The van der Waals surface area contributed by atoms with Gasteiger partial charge in [-0.1, -0.05) is 64.5 Å². The largest absolute Gasteiger partial charge is 0.331 e. The molecule has 6 nitrogen and oxygen atoms in total. The number of hydrogen-bond acceptors (Lipinski definition) is 3. The molecule has 2 aromatic rings. The van der Waals surface area contributed by atoms with Gasteiger partial charge in [-0.15, -0.1) is 5.54 Å². The first-order valence-electron chi connectivity index (χ1n) is 10.9. The molecule has 0 aliphatic heterocycles. The van der Waals surface area contributed by atoms with E-state index in [1.807, 2.05) is 37.3 Å². The lowest BCUT2D eigenvalue weighted by Gasteiger charge is -2.20. The minimum Gasteiger partial charge on any atom is -0.331 e. The Bertz CT molecular complexity index is 1170. The highest BCUT2D eigenvalue weighted by Gasteiger charge is 2.16. The van der Waals surface area contributed by atoms with E-state index in [0.717, 1.165) is 11.8 Å². The maximum atomic E-state index is 12.5. The summed E-state index contributed by atoms with van der Waals surface area (Å²) in [4.78, 5) is 12.5. The van der Waals surface area contributed by atoms with E-state index in [1.165, 1.54) is 5.56 Å². The minimum atomic E-state index is -3.44. The Labute approximate surface area is 199 Å². The summed E-state index contributed by atoms with van der Waals surface area (Å²) in [6.45, 7) is 14.7. The van der Waals surface area contributed by atoms with Crippen LogP contribution in [0.2, 0.25) is 19.6 Å². The summed E-state index contributed by atoms with van der Waals surface area (Å²) in [6.07, 6.45) is 1.11. The standard InChI is InChI=1S/C25H35N3O3SSi/c1-18(26-24(29)27-22-12-10-21(11-13-22)25(2,3)4)19-9-14-23(28-32(5,30)31)20(17-19)15-16-33(6,7)8/h9-14,17-18,28H,1-8H3,(H2,26,27,29)/t18-/m1/s1. The van der Waals surface area contributed by atoms with Crippen LogP contribution in [0.15, 0.2) is 42.5 Å². The van der Waals surface area contributed by atoms with Gasteiger partial charge < -0.3 is 10.6 Å². The van der Waals surface area contributed by atoms with E-state index < -0.39 is 18.1 Å². The summed E-state index contributed by atoms with van der Waals surface area (Å²) >= 11 is 0. The molecule has 2 rings (SSSR count). The molecule has 2 amide bonds. The number of amides is 2. The molecule has 0 unspecified atom stereocenters. The fraction of sp³-hybridized carbons (Fsp3) is 0.400. The maximum absolute atomic E-state index is 12.5. The molecule has 0 saturated heterocycles. The van der Waals surface area contributed by atoms with E-state index in [-0.39, 0.29) is 17.5 Å². The van der Waals surface area contributed by atoms with Gasteiger partial charge in [0, 0.05) is 11.3 Å². The Morgan fingerprint density at radius 1 is 1.03 bits per heavy atom. The molecule has 3 N–H and O–H groups in total. The van der Waals surface area contributed by atoms with Crippen LogP contribution in [0.25, 0.3) is 0 Å². The monoisotopic (exact) mass is 485 g/mol. The maximum Gasteiger partial charge on any atom is 0.319 e. The van der Waals surface area contributed by atoms with Crippen LogP contribution in [0.1, 0.15) is 50.4 Å². The summed E-state index contributed by atoms with van der Waals surface area (Å²) in [6, 6.07) is 12.5. The first-order chi connectivity index (χ1) is 15.0. The fourth-order valence-electron chi connectivity index (χ4n) is 2.98. The van der Waals surface area contributed by atoms with Crippen LogP contribution >= 0.6 is 0 Å². The van der Waals surface area contributed by atoms with Gasteiger partial charge in [0.2, 0.25) is 10.0 Å². The number of hydrogen-bond donors (Lipinski definition) is 3. The molecule has 0 bridgehead atoms. The third-order valence-corrected chi connectivity index (χ3v) is 6.23. The molecule has 0 aliphatic carbocycles. The van der Waals surface area contributed by atoms with Gasteiger partial charge in [-0.3, -0.25) is 4.72 Å². The molecule has 8 heteroatoms. The van der Waals surface area contributed by atoms with Crippen molar-refractivity contribution in [1.29, 1.82) is 0 Å². The Hall–Kier alpha value is -2.76. The molecule has 0 saturated carbocycles. The molecule has 0 heterocycles. The smallest absolute Gasteiger partial charge is 0.319 e. The Kier molecular flexibility index (Phi) is 8.04. The number of carbonyl (C=O) groups is 1. The quantitative estimate of drug-likeness (QED) is 0.388. The van der Waals surface area contributed by atoms with E-state index in [4.69, 9.17) is 0 Å². The number of anilines is 2. The number of sulfonamides is 1. The minimum absolute atomic E-state index is 0.0451. The summed E-state index contributed by atoms with van der Waals surface area (Å²) in [5, 5.41) is 5.79. The first-order valence-corrected chi connectivity index (χ1v) is 16.3. The predicted octanol–water partition coefficient (Wildman–Crippen LogP) is 5.47. The van der Waals surface area contributed by atoms with Crippen molar-refractivity contribution < 1.29 is 13.2 Å². The number of rotatable bonds is 5. The number of nitrogens with one attached hydrogen (secondary N) is 3. The summed E-state index contributed by atoms with van der Waals surface area (Å²) < 4.78 is 26.0. The van der Waals surface area contributed by atoms with Crippen LogP contribution in [-0.2, 0) is 15.4 Å². The number of benzene rings is 2. The molecule has 0 aromatic heterocycles. The van der Waals surface area contributed by atoms with Crippen LogP contribution in [0.4, 0.5) is 16.2 Å². The van der Waals surface area contributed by atoms with Gasteiger partial charge in [-0.05, 0) is 47.7 Å². The van der Waals surface area contributed by atoms with E-state index in [9.17, 15) is 13.2 Å². The predicted molar refractivity (Wildman–Crippen MR) is 141 cm³/mol. The number of urea groups is 1. The highest BCUT2D eigenvalue weighted by molar-refractivity contribution is 7.92. The third-order valence-electron chi connectivity index (χ3n) is 4.77. The zero-order valence-corrected chi connectivity index (χ0v) is 22.6. The molecule has 0 aliphatic rings. The molecular weight excluding hydrogens is 450 g/mol. The molecule has 0 spiro atoms. The fourth-order valence-corrected chi connectivity index (χ4v) is 4.07. The summed E-state index contributed by atoms with van der Waals surface area (Å²) in [7, 11) is -5.11. The van der Waals surface area contributed by atoms with Crippen molar-refractivity contribution in [2.24, 2.45) is 0 Å². The van der Waals surface area contributed by atoms with Crippen molar-refractivity contribution in [2.75, 3.05) is 16.3 Å². The van der Waals surface area contributed by atoms with E-state index >= 15 is 0 Å². The molecule has 2 aromatic carbocycles. The molecular formula is C25H35N3O3SSi. The van der Waals surface area contributed by atoms with E-state index in [1.54, 1.807) is 12.1 Å². The van der Waals surface area contributed by atoms with Crippen molar-refractivity contribution in [2.45, 2.75) is 58.8 Å². The van der Waals surface area contributed by atoms with Gasteiger partial charge in [0.25, 0.3) is 0 Å². The van der Waals surface area contributed by atoms with Gasteiger partial charge in [0.15, 0.2) is 0 Å². The average molecular weight is 486 g/mol.